The number of methoxy groups -OCH3 is 2. The van der Waals surface area contributed by atoms with Gasteiger partial charge in [-0.15, -0.1) is 0 Å². The van der Waals surface area contributed by atoms with Gasteiger partial charge in [-0.25, -0.2) is 0 Å². The van der Waals surface area contributed by atoms with Crippen molar-refractivity contribution in [1.82, 2.24) is 9.88 Å². The molecule has 0 fully saturated rings. The number of hydrogen-bond donors (Lipinski definition) is 1. The van der Waals surface area contributed by atoms with E-state index in [9.17, 15) is 4.79 Å². The van der Waals surface area contributed by atoms with Crippen molar-refractivity contribution >= 4 is 17.3 Å². The number of benzene rings is 1. The minimum absolute atomic E-state index is 0.0792. The van der Waals surface area contributed by atoms with Gasteiger partial charge in [0.25, 0.3) is 5.91 Å². The van der Waals surface area contributed by atoms with Gasteiger partial charge in [0, 0.05) is 37.2 Å². The summed E-state index contributed by atoms with van der Waals surface area (Å²) in [6, 6.07) is 9.12. The molecule has 6 heteroatoms. The van der Waals surface area contributed by atoms with E-state index in [0.29, 0.717) is 17.2 Å². The van der Waals surface area contributed by atoms with Crippen LogP contribution >= 0.6 is 0 Å². The van der Waals surface area contributed by atoms with Crippen molar-refractivity contribution in [2.45, 2.75) is 19.8 Å². The van der Waals surface area contributed by atoms with Crippen molar-refractivity contribution in [2.75, 3.05) is 33.1 Å². The second-order valence-corrected chi connectivity index (χ2v) is 5.70. The monoisotopic (exact) mass is 343 g/mol. The van der Waals surface area contributed by atoms with E-state index in [-0.39, 0.29) is 5.91 Å². The summed E-state index contributed by atoms with van der Waals surface area (Å²) in [6.07, 6.45) is 3.65. The summed E-state index contributed by atoms with van der Waals surface area (Å²) in [5.41, 5.74) is 2.04. The normalized spacial score (nSPS) is 10.2. The maximum Gasteiger partial charge on any atom is 0.272 e. The van der Waals surface area contributed by atoms with E-state index in [1.165, 1.54) is 0 Å². The molecule has 0 saturated heterocycles. The van der Waals surface area contributed by atoms with E-state index in [4.69, 9.17) is 9.47 Å². The number of carbonyl (C=O) groups excluding carboxylic acids is 1. The first kappa shape index (κ1) is 18.6. The minimum Gasteiger partial charge on any atom is -0.493 e. The number of ether oxygens (including phenoxy) is 2. The van der Waals surface area contributed by atoms with Gasteiger partial charge < -0.3 is 19.7 Å². The Labute approximate surface area is 148 Å². The van der Waals surface area contributed by atoms with Gasteiger partial charge in [-0.2, -0.15) is 0 Å². The summed E-state index contributed by atoms with van der Waals surface area (Å²) in [7, 11) is 4.99. The highest BCUT2D eigenvalue weighted by Crippen LogP contribution is 2.31. The van der Waals surface area contributed by atoms with E-state index in [1.807, 2.05) is 24.3 Å². The van der Waals surface area contributed by atoms with Crippen molar-refractivity contribution in [3.63, 3.8) is 0 Å². The van der Waals surface area contributed by atoms with E-state index >= 15 is 0 Å². The quantitative estimate of drug-likeness (QED) is 0.791. The number of amides is 1. The van der Waals surface area contributed by atoms with E-state index in [2.05, 4.69) is 17.2 Å². The first-order valence-corrected chi connectivity index (χ1v) is 8.29. The van der Waals surface area contributed by atoms with E-state index in [1.54, 1.807) is 38.4 Å². The first-order valence-electron chi connectivity index (χ1n) is 8.29. The number of nitrogens with one attached hydrogen (secondary N) is 1. The molecule has 0 radical (unpaired) electrons. The Hall–Kier alpha value is -2.76. The van der Waals surface area contributed by atoms with Crippen molar-refractivity contribution in [3.05, 3.63) is 42.2 Å². The van der Waals surface area contributed by atoms with Crippen LogP contribution in [0.5, 0.6) is 11.5 Å². The number of hydrogen-bond acceptors (Lipinski definition) is 5. The average molecular weight is 343 g/mol. The molecule has 25 heavy (non-hydrogen) atoms. The molecular weight excluding hydrogens is 318 g/mol. The molecule has 6 nitrogen and oxygen atoms in total. The Kier molecular flexibility index (Phi) is 6.62. The third-order valence-electron chi connectivity index (χ3n) is 3.85. The molecule has 0 atom stereocenters. The number of aromatic nitrogens is 1. The zero-order valence-electron chi connectivity index (χ0n) is 15.2. The van der Waals surface area contributed by atoms with Crippen LogP contribution in [0.15, 0.2) is 36.5 Å². The predicted molar refractivity (Wildman–Crippen MR) is 98.9 cm³/mol. The van der Waals surface area contributed by atoms with Gasteiger partial charge >= 0.3 is 0 Å². The zero-order valence-corrected chi connectivity index (χ0v) is 15.2. The third-order valence-corrected chi connectivity index (χ3v) is 3.85. The smallest absolute Gasteiger partial charge is 0.272 e. The van der Waals surface area contributed by atoms with E-state index < -0.39 is 0 Å². The fraction of sp³-hybridized carbons (Fsp3) is 0.368. The molecule has 1 heterocycles. The lowest BCUT2D eigenvalue weighted by Gasteiger charge is -2.17. The number of pyridine rings is 1. The molecule has 0 saturated carbocycles. The first-order chi connectivity index (χ1) is 12.1. The maximum absolute atomic E-state index is 12.4. The van der Waals surface area contributed by atoms with Crippen molar-refractivity contribution in [1.29, 1.82) is 0 Å². The average Bonchev–Trinajstić information content (AvgIpc) is 2.65. The molecule has 0 unspecified atom stereocenters. The topological polar surface area (TPSA) is 63.7 Å². The number of unbranched alkanes of at least 4 members (excludes halogenated alkanes) is 1. The van der Waals surface area contributed by atoms with Crippen LogP contribution in [0.1, 0.15) is 30.3 Å². The molecule has 1 aromatic carbocycles. The summed E-state index contributed by atoms with van der Waals surface area (Å²) in [5, 5.41) is 3.26. The SMILES string of the molecule is CCCCN(C)C(=O)c1cc(Nc2ccc(OC)c(OC)c2)ccn1. The Morgan fingerprint density at radius 1 is 1.12 bits per heavy atom. The molecule has 0 spiro atoms. The molecule has 134 valence electrons. The molecule has 0 aliphatic rings. The number of anilines is 2. The summed E-state index contributed by atoms with van der Waals surface area (Å²) in [4.78, 5) is 18.3. The predicted octanol–water partition coefficient (Wildman–Crippen LogP) is 3.71. The standard InChI is InChI=1S/C19H25N3O3/c1-5-6-11-22(2)19(23)16-12-15(9-10-20-16)21-14-7-8-17(24-3)18(13-14)25-4/h7-10,12-13H,5-6,11H2,1-4H3,(H,20,21). The van der Waals surface area contributed by atoms with Crippen LogP contribution in [-0.4, -0.2) is 43.6 Å². The van der Waals surface area contributed by atoms with Gasteiger partial charge in [0.1, 0.15) is 5.69 Å². The fourth-order valence-electron chi connectivity index (χ4n) is 2.40. The molecule has 1 amide bonds. The van der Waals surface area contributed by atoms with Crippen molar-refractivity contribution in [2.24, 2.45) is 0 Å². The lowest BCUT2D eigenvalue weighted by atomic mass is 10.2. The summed E-state index contributed by atoms with van der Waals surface area (Å²) >= 11 is 0. The van der Waals surface area contributed by atoms with Crippen LogP contribution in [-0.2, 0) is 0 Å². The van der Waals surface area contributed by atoms with Crippen LogP contribution < -0.4 is 14.8 Å². The van der Waals surface area contributed by atoms with Gasteiger partial charge in [0.05, 0.1) is 14.2 Å². The lowest BCUT2D eigenvalue weighted by molar-refractivity contribution is 0.0787. The second-order valence-electron chi connectivity index (χ2n) is 5.70. The van der Waals surface area contributed by atoms with Crippen LogP contribution in [0, 0.1) is 0 Å². The maximum atomic E-state index is 12.4. The fourth-order valence-corrected chi connectivity index (χ4v) is 2.40. The van der Waals surface area contributed by atoms with Crippen molar-refractivity contribution < 1.29 is 14.3 Å². The molecule has 1 N–H and O–H groups in total. The van der Waals surface area contributed by atoms with Crippen LogP contribution in [0.4, 0.5) is 11.4 Å². The number of nitrogens with zero attached hydrogens (tertiary/aromatic N) is 2. The summed E-state index contributed by atoms with van der Waals surface area (Å²) in [6.45, 7) is 2.83. The molecule has 0 aliphatic carbocycles. The Balaban J connectivity index is 2.15. The van der Waals surface area contributed by atoms with Gasteiger partial charge in [0.2, 0.25) is 0 Å². The molecule has 1 aromatic heterocycles. The van der Waals surface area contributed by atoms with Gasteiger partial charge in [0.15, 0.2) is 11.5 Å². The Morgan fingerprint density at radius 2 is 1.84 bits per heavy atom. The Bertz CT molecular complexity index is 719. The lowest BCUT2D eigenvalue weighted by Crippen LogP contribution is -2.28. The highest BCUT2D eigenvalue weighted by molar-refractivity contribution is 5.93. The highest BCUT2D eigenvalue weighted by atomic mass is 16.5. The third kappa shape index (κ3) is 4.86. The Morgan fingerprint density at radius 3 is 2.52 bits per heavy atom. The zero-order chi connectivity index (χ0) is 18.2. The second kappa shape index (κ2) is 8.92. The van der Waals surface area contributed by atoms with Gasteiger partial charge in [-0.05, 0) is 30.7 Å². The number of carbonyl (C=O) groups is 1. The summed E-state index contributed by atoms with van der Waals surface area (Å²) < 4.78 is 10.5. The van der Waals surface area contributed by atoms with Crippen LogP contribution in [0.25, 0.3) is 0 Å². The molecule has 0 bridgehead atoms. The number of rotatable bonds is 8. The summed E-state index contributed by atoms with van der Waals surface area (Å²) in [5.74, 6) is 1.22. The highest BCUT2D eigenvalue weighted by Gasteiger charge is 2.13. The largest absolute Gasteiger partial charge is 0.493 e. The van der Waals surface area contributed by atoms with Crippen molar-refractivity contribution in [3.8, 4) is 11.5 Å². The van der Waals surface area contributed by atoms with E-state index in [0.717, 1.165) is 30.8 Å². The van der Waals surface area contributed by atoms with Gasteiger partial charge in [-0.1, -0.05) is 13.3 Å². The molecule has 2 rings (SSSR count). The van der Waals surface area contributed by atoms with Crippen LogP contribution in [0.3, 0.4) is 0 Å². The molecular formula is C19H25N3O3. The molecule has 2 aromatic rings. The minimum atomic E-state index is -0.0792. The van der Waals surface area contributed by atoms with Crippen LogP contribution in [0.2, 0.25) is 0 Å². The molecule has 0 aliphatic heterocycles. The van der Waals surface area contributed by atoms with Gasteiger partial charge in [-0.3, -0.25) is 9.78 Å².